The van der Waals surface area contributed by atoms with Gasteiger partial charge in [-0.1, -0.05) is 29.8 Å². The minimum Gasteiger partial charge on any atom is -0.368 e. The summed E-state index contributed by atoms with van der Waals surface area (Å²) in [5, 5.41) is 18.6. The predicted octanol–water partition coefficient (Wildman–Crippen LogP) is 2.26. The summed E-state index contributed by atoms with van der Waals surface area (Å²) in [5.74, 6) is -0.362. The molecule has 5 rings (SSSR count). The molecule has 3 atom stereocenters. The van der Waals surface area contributed by atoms with Crippen molar-refractivity contribution >= 4 is 21.6 Å². The fraction of sp³-hybridized carbons (Fsp3) is 0.517. The lowest BCUT2D eigenvalue weighted by Gasteiger charge is -2.49. The molecule has 214 valence electrons. The normalized spacial score (nSPS) is 25.3. The quantitative estimate of drug-likeness (QED) is 0.446. The van der Waals surface area contributed by atoms with Gasteiger partial charge < -0.3 is 10.6 Å². The number of carbonyl (C=O) groups excluding carboxylic acids is 1. The first-order valence-electron chi connectivity index (χ1n) is 13.9. The third kappa shape index (κ3) is 5.60. The molecular formula is C29H39N7O3S. The van der Waals surface area contributed by atoms with Gasteiger partial charge in [-0.25, -0.2) is 23.2 Å². The van der Waals surface area contributed by atoms with E-state index in [4.69, 9.17) is 0 Å². The Morgan fingerprint density at radius 3 is 2.40 bits per heavy atom. The smallest absolute Gasteiger partial charge is 0.242 e. The Balaban J connectivity index is 1.33. The number of amides is 1. The number of sulfonamides is 1. The highest BCUT2D eigenvalue weighted by atomic mass is 32.2. The highest BCUT2D eigenvalue weighted by molar-refractivity contribution is 7.89. The van der Waals surface area contributed by atoms with Gasteiger partial charge in [0.1, 0.15) is 6.17 Å². The monoisotopic (exact) mass is 565 g/mol. The van der Waals surface area contributed by atoms with Gasteiger partial charge in [0.05, 0.1) is 28.8 Å². The van der Waals surface area contributed by atoms with Gasteiger partial charge in [0.2, 0.25) is 15.9 Å². The molecule has 0 aromatic heterocycles. The standard InChI is InChI=1S/C29H39N7O3S/c1-21-4-6-22(7-5-21)20-35-18-14-29(13-16-30,15-19-35)36-25-12-17-31-28(37)26(25)27(33-36)32-23-8-10-24(11-9-23)40(38,39)34(2)3/h4-11,25-27,32-33H,12-15,17-20H2,1-3H3,(H,31,37). The second-order valence-electron chi connectivity index (χ2n) is 11.4. The van der Waals surface area contributed by atoms with Crippen molar-refractivity contribution in [2.45, 2.75) is 61.8 Å². The van der Waals surface area contributed by atoms with Crippen LogP contribution in [0.25, 0.3) is 0 Å². The van der Waals surface area contributed by atoms with Gasteiger partial charge in [0.15, 0.2) is 0 Å². The minimum absolute atomic E-state index is 0.0144. The van der Waals surface area contributed by atoms with E-state index in [9.17, 15) is 18.5 Å². The summed E-state index contributed by atoms with van der Waals surface area (Å²) < 4.78 is 26.1. The number of likely N-dealkylation sites (tertiary alicyclic amines) is 1. The van der Waals surface area contributed by atoms with E-state index >= 15 is 0 Å². The van der Waals surface area contributed by atoms with Crippen molar-refractivity contribution in [1.29, 1.82) is 5.26 Å². The van der Waals surface area contributed by atoms with Gasteiger partial charge in [0.25, 0.3) is 0 Å². The molecule has 0 bridgehead atoms. The first-order chi connectivity index (χ1) is 19.1. The van der Waals surface area contributed by atoms with Gasteiger partial charge in [-0.15, -0.1) is 0 Å². The van der Waals surface area contributed by atoms with Gasteiger partial charge >= 0.3 is 0 Å². The molecule has 2 aromatic carbocycles. The first-order valence-corrected chi connectivity index (χ1v) is 15.3. The maximum absolute atomic E-state index is 13.1. The van der Waals surface area contributed by atoms with Crippen LogP contribution in [0.4, 0.5) is 5.69 Å². The summed E-state index contributed by atoms with van der Waals surface area (Å²) in [7, 11) is -0.521. The van der Waals surface area contributed by atoms with Crippen LogP contribution >= 0.6 is 0 Å². The molecule has 1 amide bonds. The molecule has 3 heterocycles. The van der Waals surface area contributed by atoms with E-state index in [1.54, 1.807) is 24.3 Å². The zero-order chi connectivity index (χ0) is 28.5. The van der Waals surface area contributed by atoms with Gasteiger partial charge in [-0.2, -0.15) is 5.26 Å². The van der Waals surface area contributed by atoms with Crippen LogP contribution in [0.2, 0.25) is 0 Å². The van der Waals surface area contributed by atoms with Crippen LogP contribution in [-0.4, -0.2) is 80.0 Å². The zero-order valence-electron chi connectivity index (χ0n) is 23.4. The molecule has 3 unspecified atom stereocenters. The number of fused-ring (bicyclic) bond motifs is 1. The van der Waals surface area contributed by atoms with Crippen LogP contribution in [0, 0.1) is 24.2 Å². The molecule has 0 radical (unpaired) electrons. The van der Waals surface area contributed by atoms with E-state index in [1.807, 2.05) is 0 Å². The first kappa shape index (κ1) is 28.5. The van der Waals surface area contributed by atoms with E-state index in [0.717, 1.165) is 44.6 Å². The topological polar surface area (TPSA) is 121 Å². The van der Waals surface area contributed by atoms with Crippen molar-refractivity contribution in [1.82, 2.24) is 25.0 Å². The lowest BCUT2D eigenvalue weighted by molar-refractivity contribution is -0.128. The number of hydrazine groups is 1. The summed E-state index contributed by atoms with van der Waals surface area (Å²) in [6, 6.07) is 17.6. The second kappa shape index (κ2) is 11.5. The maximum Gasteiger partial charge on any atom is 0.242 e. The molecule has 0 saturated carbocycles. The Morgan fingerprint density at radius 2 is 1.77 bits per heavy atom. The highest BCUT2D eigenvalue weighted by Crippen LogP contribution is 2.40. The van der Waals surface area contributed by atoms with Gasteiger partial charge in [-0.05, 0) is 56.0 Å². The summed E-state index contributed by atoms with van der Waals surface area (Å²) in [6.45, 7) is 5.32. The van der Waals surface area contributed by atoms with E-state index in [0.29, 0.717) is 13.0 Å². The summed E-state index contributed by atoms with van der Waals surface area (Å²) in [6.07, 6.45) is 2.44. The number of hydrogen-bond donors (Lipinski definition) is 3. The van der Waals surface area contributed by atoms with Gasteiger partial charge in [-0.3, -0.25) is 9.69 Å². The number of nitriles is 1. The van der Waals surface area contributed by atoms with Crippen molar-refractivity contribution in [3.63, 3.8) is 0 Å². The van der Waals surface area contributed by atoms with Crippen LogP contribution < -0.4 is 16.1 Å². The number of piperidine rings is 2. The molecule has 0 spiro atoms. The fourth-order valence-corrected chi connectivity index (χ4v) is 7.16. The molecule has 3 saturated heterocycles. The average molecular weight is 566 g/mol. The fourth-order valence-electron chi connectivity index (χ4n) is 6.26. The van der Waals surface area contributed by atoms with Crippen LogP contribution in [0.15, 0.2) is 53.4 Å². The molecule has 3 N–H and O–H groups in total. The van der Waals surface area contributed by atoms with Crippen LogP contribution in [-0.2, 0) is 21.4 Å². The molecule has 3 aliphatic rings. The van der Waals surface area contributed by atoms with Crippen LogP contribution in [0.3, 0.4) is 0 Å². The molecule has 40 heavy (non-hydrogen) atoms. The average Bonchev–Trinajstić information content (AvgIpc) is 3.31. The number of nitrogens with zero attached hydrogens (tertiary/aromatic N) is 4. The Morgan fingerprint density at radius 1 is 1.10 bits per heavy atom. The maximum atomic E-state index is 13.1. The van der Waals surface area contributed by atoms with E-state index in [2.05, 4.69) is 63.2 Å². The van der Waals surface area contributed by atoms with Crippen molar-refractivity contribution in [2.75, 3.05) is 39.0 Å². The van der Waals surface area contributed by atoms with Crippen molar-refractivity contribution in [2.24, 2.45) is 5.92 Å². The number of benzene rings is 2. The number of carbonyl (C=O) groups is 1. The van der Waals surface area contributed by atoms with E-state index < -0.39 is 10.0 Å². The third-order valence-corrected chi connectivity index (χ3v) is 10.4. The Hall–Kier alpha value is -3.01. The Labute approximate surface area is 237 Å². The molecular weight excluding hydrogens is 526 g/mol. The van der Waals surface area contributed by atoms with Crippen molar-refractivity contribution in [3.05, 3.63) is 59.7 Å². The summed E-state index contributed by atoms with van der Waals surface area (Å²) in [4.78, 5) is 15.8. The number of nitrogens with one attached hydrogen (secondary N) is 3. The largest absolute Gasteiger partial charge is 0.368 e. The molecule has 0 aliphatic carbocycles. The zero-order valence-corrected chi connectivity index (χ0v) is 24.2. The number of hydrogen-bond acceptors (Lipinski definition) is 8. The molecule has 3 aliphatic heterocycles. The lowest BCUT2D eigenvalue weighted by atomic mass is 9.81. The number of aryl methyl sites for hydroxylation is 1. The van der Waals surface area contributed by atoms with Crippen LogP contribution in [0.5, 0.6) is 0 Å². The third-order valence-electron chi connectivity index (χ3n) is 8.61. The molecule has 10 nitrogen and oxygen atoms in total. The Kier molecular flexibility index (Phi) is 8.17. The SMILES string of the molecule is Cc1ccc(CN2CCC(CC#N)(N3NC(Nc4ccc(S(=O)(=O)N(C)C)cc4)C4C(=O)NCCC43)CC2)cc1. The van der Waals surface area contributed by atoms with Crippen molar-refractivity contribution in [3.8, 4) is 6.07 Å². The van der Waals surface area contributed by atoms with Crippen molar-refractivity contribution < 1.29 is 13.2 Å². The predicted molar refractivity (Wildman–Crippen MR) is 153 cm³/mol. The lowest BCUT2D eigenvalue weighted by Crippen LogP contribution is -2.62. The highest BCUT2D eigenvalue weighted by Gasteiger charge is 2.54. The summed E-state index contributed by atoms with van der Waals surface area (Å²) >= 11 is 0. The minimum atomic E-state index is -3.53. The molecule has 3 fully saturated rings. The Bertz CT molecular complexity index is 1350. The van der Waals surface area contributed by atoms with E-state index in [-0.39, 0.29) is 34.5 Å². The van der Waals surface area contributed by atoms with Gasteiger partial charge in [0, 0.05) is 52.0 Å². The summed E-state index contributed by atoms with van der Waals surface area (Å²) in [5.41, 5.74) is 6.49. The number of anilines is 1. The number of rotatable bonds is 8. The van der Waals surface area contributed by atoms with Crippen LogP contribution in [0.1, 0.15) is 36.8 Å². The molecule has 2 aromatic rings. The molecule has 11 heteroatoms. The second-order valence-corrected chi connectivity index (χ2v) is 13.6. The van der Waals surface area contributed by atoms with E-state index in [1.165, 1.54) is 29.5 Å².